The zero-order valence-electron chi connectivity index (χ0n) is 20.9. The van der Waals surface area contributed by atoms with Crippen molar-refractivity contribution in [2.45, 2.75) is 25.4 Å². The minimum Gasteiger partial charge on any atom is -0.466 e. The number of hydrogen-bond acceptors (Lipinski definition) is 7. The van der Waals surface area contributed by atoms with Crippen molar-refractivity contribution < 1.29 is 19.1 Å². The van der Waals surface area contributed by atoms with Gasteiger partial charge in [-0.15, -0.1) is 0 Å². The Morgan fingerprint density at radius 2 is 1.86 bits per heavy atom. The molecular formula is C28H29ClN4O4. The molecule has 8 nitrogen and oxygen atoms in total. The van der Waals surface area contributed by atoms with E-state index in [9.17, 15) is 9.59 Å². The molecule has 0 saturated carbocycles. The van der Waals surface area contributed by atoms with Crippen LogP contribution in [0.3, 0.4) is 0 Å². The van der Waals surface area contributed by atoms with Gasteiger partial charge in [0.1, 0.15) is 11.6 Å². The van der Waals surface area contributed by atoms with Crippen LogP contribution in [-0.2, 0) is 25.6 Å². The Kier molecular flexibility index (Phi) is 7.98. The van der Waals surface area contributed by atoms with Gasteiger partial charge in [-0.1, -0.05) is 48.0 Å². The minimum atomic E-state index is -1.26. The summed E-state index contributed by atoms with van der Waals surface area (Å²) in [5.41, 5.74) is 3.77. The zero-order valence-corrected chi connectivity index (χ0v) is 21.7. The molecule has 0 aliphatic carbocycles. The number of ether oxygens (including phenoxy) is 2. The molecule has 0 saturated heterocycles. The first kappa shape index (κ1) is 26.0. The maximum atomic E-state index is 13.3. The summed E-state index contributed by atoms with van der Waals surface area (Å²) in [5.74, 6) is -1.99. The molecule has 4 rings (SSSR count). The molecule has 0 radical (unpaired) electrons. The van der Waals surface area contributed by atoms with Crippen LogP contribution in [-0.4, -0.2) is 40.2 Å². The smallest absolute Gasteiger partial charge is 0.336 e. The van der Waals surface area contributed by atoms with Gasteiger partial charge in [-0.25, -0.2) is 14.6 Å². The van der Waals surface area contributed by atoms with Crippen molar-refractivity contribution in [2.24, 2.45) is 5.92 Å². The summed E-state index contributed by atoms with van der Waals surface area (Å²) < 4.78 is 12.6. The first-order chi connectivity index (χ1) is 17.8. The van der Waals surface area contributed by atoms with Crippen molar-refractivity contribution in [3.05, 3.63) is 107 Å². The Bertz CT molecular complexity index is 1310. The average molecular weight is 521 g/mol. The van der Waals surface area contributed by atoms with E-state index in [1.807, 2.05) is 41.1 Å². The molecule has 0 amide bonds. The third-order valence-corrected chi connectivity index (χ3v) is 6.63. The molecular weight excluding hydrogens is 492 g/mol. The number of nitrogens with one attached hydrogen (secondary N) is 2. The van der Waals surface area contributed by atoms with Gasteiger partial charge in [0.25, 0.3) is 0 Å². The van der Waals surface area contributed by atoms with Crippen molar-refractivity contribution in [1.29, 1.82) is 0 Å². The van der Waals surface area contributed by atoms with Crippen LogP contribution in [0.15, 0.2) is 96.0 Å². The number of carbonyl (C=O) groups is 2. The molecule has 37 heavy (non-hydrogen) atoms. The Morgan fingerprint density at radius 1 is 1.14 bits per heavy atom. The van der Waals surface area contributed by atoms with Crippen molar-refractivity contribution in [1.82, 2.24) is 20.2 Å². The summed E-state index contributed by atoms with van der Waals surface area (Å²) in [6.45, 7) is 4.30. The topological polar surface area (TPSA) is 94.5 Å². The monoisotopic (exact) mass is 520 g/mol. The number of esters is 2. The third kappa shape index (κ3) is 5.86. The molecule has 2 N–H and O–H groups in total. The van der Waals surface area contributed by atoms with Crippen LogP contribution in [0.5, 0.6) is 0 Å². The first-order valence-electron chi connectivity index (χ1n) is 11.8. The predicted molar refractivity (Wildman–Crippen MR) is 142 cm³/mol. The Morgan fingerprint density at radius 3 is 2.49 bits per heavy atom. The minimum absolute atomic E-state index is 0.0494. The van der Waals surface area contributed by atoms with Gasteiger partial charge in [0.2, 0.25) is 0 Å². The summed E-state index contributed by atoms with van der Waals surface area (Å²) in [6.07, 6.45) is 16.0. The van der Waals surface area contributed by atoms with Crippen molar-refractivity contribution >= 4 is 29.6 Å². The highest BCUT2D eigenvalue weighted by Gasteiger charge is 2.48. The molecule has 2 aliphatic rings. The van der Waals surface area contributed by atoms with Gasteiger partial charge < -0.3 is 24.7 Å². The lowest BCUT2D eigenvalue weighted by molar-refractivity contribution is -0.139. The second-order valence-electron chi connectivity index (χ2n) is 8.73. The number of alkyl halides is 1. The predicted octanol–water partition coefficient (Wildman–Crippen LogP) is 4.04. The normalized spacial score (nSPS) is 21.1. The van der Waals surface area contributed by atoms with Gasteiger partial charge in [-0.05, 0) is 49.4 Å². The largest absolute Gasteiger partial charge is 0.466 e. The van der Waals surface area contributed by atoms with E-state index in [-0.39, 0.29) is 17.8 Å². The van der Waals surface area contributed by atoms with Crippen LogP contribution in [0.25, 0.3) is 6.08 Å². The van der Waals surface area contributed by atoms with Crippen molar-refractivity contribution in [3.8, 4) is 0 Å². The lowest BCUT2D eigenvalue weighted by Crippen LogP contribution is -2.50. The highest BCUT2D eigenvalue weighted by atomic mass is 35.5. The number of imidazole rings is 1. The molecule has 2 aliphatic heterocycles. The first-order valence-corrected chi connectivity index (χ1v) is 12.2. The number of rotatable bonds is 8. The summed E-state index contributed by atoms with van der Waals surface area (Å²) in [7, 11) is 1.29. The molecule has 1 aromatic heterocycles. The fourth-order valence-electron chi connectivity index (χ4n) is 4.43. The maximum Gasteiger partial charge on any atom is 0.336 e. The van der Waals surface area contributed by atoms with Gasteiger partial charge in [-0.3, -0.25) is 0 Å². The lowest BCUT2D eigenvalue weighted by Gasteiger charge is -2.39. The average Bonchev–Trinajstić information content (AvgIpc) is 3.40. The fourth-order valence-corrected chi connectivity index (χ4v) is 4.78. The van der Waals surface area contributed by atoms with Crippen LogP contribution in [0.4, 0.5) is 0 Å². The number of methoxy groups -OCH3 is 1. The summed E-state index contributed by atoms with van der Waals surface area (Å²) in [5, 5.41) is 6.18. The number of aromatic nitrogens is 2. The Balaban J connectivity index is 1.47. The molecule has 1 aromatic carbocycles. The number of nitrogens with zero attached hydrogens (tertiary/aromatic N) is 2. The summed E-state index contributed by atoms with van der Waals surface area (Å²) in [6, 6.07) is 8.08. The molecule has 0 bridgehead atoms. The standard InChI is InChI=1S/C28H29ClN4O4/c1-19-23(26(34)36-3)25(28(29)12-4-5-13-31-28)24(20(2)32-19)27(35)37-16-6-7-21-8-10-22(11-9-21)17-33-15-14-30-18-33/h4-15,18,25,31-32H,16-17H2,1-3H3/b7-6+. The molecule has 9 heteroatoms. The van der Waals surface area contributed by atoms with E-state index in [4.69, 9.17) is 21.1 Å². The number of hydrogen-bond donors (Lipinski definition) is 2. The van der Waals surface area contributed by atoms with E-state index in [1.165, 1.54) is 7.11 Å². The van der Waals surface area contributed by atoms with Crippen LogP contribution in [0.1, 0.15) is 25.0 Å². The molecule has 0 spiro atoms. The Labute approximate surface area is 221 Å². The fraction of sp³-hybridized carbons (Fsp3) is 0.250. The van der Waals surface area contributed by atoms with Gasteiger partial charge in [-0.2, -0.15) is 0 Å². The van der Waals surface area contributed by atoms with Gasteiger partial charge in [0.15, 0.2) is 0 Å². The van der Waals surface area contributed by atoms with Crippen molar-refractivity contribution in [2.75, 3.05) is 13.7 Å². The quantitative estimate of drug-likeness (QED) is 0.308. The SMILES string of the molecule is COC(=O)C1=C(C)NC(C)=C(C(=O)OC/C=C/c2ccc(Cn3ccnc3)cc2)C1C1(Cl)C=CC=CN1. The highest BCUT2D eigenvalue weighted by Crippen LogP contribution is 2.42. The van der Waals surface area contributed by atoms with Crippen LogP contribution >= 0.6 is 11.6 Å². The van der Waals surface area contributed by atoms with Crippen LogP contribution in [0.2, 0.25) is 0 Å². The van der Waals surface area contributed by atoms with E-state index in [2.05, 4.69) is 15.6 Å². The molecule has 3 heterocycles. The molecule has 192 valence electrons. The number of dihydropyridines is 2. The second-order valence-corrected chi connectivity index (χ2v) is 9.36. The van der Waals surface area contributed by atoms with E-state index in [0.29, 0.717) is 11.4 Å². The van der Waals surface area contributed by atoms with E-state index in [0.717, 1.165) is 17.7 Å². The maximum absolute atomic E-state index is 13.3. The van der Waals surface area contributed by atoms with E-state index >= 15 is 0 Å². The molecule has 0 fully saturated rings. The lowest BCUT2D eigenvalue weighted by atomic mass is 9.79. The number of halogens is 1. The molecule has 2 aromatic rings. The summed E-state index contributed by atoms with van der Waals surface area (Å²) >= 11 is 6.94. The van der Waals surface area contributed by atoms with Crippen LogP contribution in [0, 0.1) is 5.92 Å². The highest BCUT2D eigenvalue weighted by molar-refractivity contribution is 6.26. The molecule has 2 atom stereocenters. The number of carbonyl (C=O) groups excluding carboxylic acids is 2. The van der Waals surface area contributed by atoms with E-state index < -0.39 is 22.9 Å². The molecule has 2 unspecified atom stereocenters. The Hall–Kier alpha value is -4.04. The van der Waals surface area contributed by atoms with Gasteiger partial charge in [0, 0.05) is 30.3 Å². The van der Waals surface area contributed by atoms with E-state index in [1.54, 1.807) is 56.9 Å². The van der Waals surface area contributed by atoms with Gasteiger partial charge in [0.05, 0.1) is 30.5 Å². The zero-order chi connectivity index (χ0) is 26.4. The van der Waals surface area contributed by atoms with Crippen LogP contribution < -0.4 is 10.6 Å². The summed E-state index contributed by atoms with van der Waals surface area (Å²) in [4.78, 5) is 28.8. The third-order valence-electron chi connectivity index (χ3n) is 6.18. The van der Waals surface area contributed by atoms with Gasteiger partial charge >= 0.3 is 11.9 Å². The number of allylic oxidation sites excluding steroid dienone is 4. The second kappa shape index (κ2) is 11.3. The number of benzene rings is 1. The van der Waals surface area contributed by atoms with Crippen molar-refractivity contribution in [3.63, 3.8) is 0 Å².